The number of nitrogens with zero attached hydrogens (tertiary/aromatic N) is 3. The lowest BCUT2D eigenvalue weighted by Gasteiger charge is -2.25. The minimum absolute atomic E-state index is 0.744. The normalized spacial score (nSPS) is 17.8. The zero-order valence-corrected chi connectivity index (χ0v) is 10.4. The Hall–Kier alpha value is -0.590. The molecule has 0 amide bonds. The first kappa shape index (κ1) is 11.9. The molecule has 0 unspecified atom stereocenters. The lowest BCUT2D eigenvalue weighted by molar-refractivity contribution is 0.203. The molecule has 2 heterocycles. The van der Waals surface area contributed by atoms with E-state index in [1.165, 1.54) is 0 Å². The van der Waals surface area contributed by atoms with E-state index in [4.69, 9.17) is 4.52 Å². The highest BCUT2D eigenvalue weighted by atomic mass is 32.2. The number of thioether (sulfide) groups is 1. The molecule has 16 heavy (non-hydrogen) atoms. The average molecular weight is 242 g/mol. The molecule has 0 saturated carbocycles. The molecule has 0 spiro atoms. The summed E-state index contributed by atoms with van der Waals surface area (Å²) in [6.45, 7) is 7.13. The third kappa shape index (κ3) is 3.47. The number of aromatic nitrogens is 2. The smallest absolute Gasteiger partial charge is 0.240 e. The molecule has 5 nitrogen and oxygen atoms in total. The van der Waals surface area contributed by atoms with Crippen LogP contribution in [0.2, 0.25) is 0 Å². The summed E-state index contributed by atoms with van der Waals surface area (Å²) < 4.78 is 5.23. The van der Waals surface area contributed by atoms with Crippen LogP contribution in [0.25, 0.3) is 0 Å². The summed E-state index contributed by atoms with van der Waals surface area (Å²) in [5.74, 6) is 3.49. The third-order valence-electron chi connectivity index (χ3n) is 2.51. The first-order chi connectivity index (χ1) is 7.88. The van der Waals surface area contributed by atoms with Gasteiger partial charge in [0.1, 0.15) is 0 Å². The summed E-state index contributed by atoms with van der Waals surface area (Å²) in [6.07, 6.45) is 0. The van der Waals surface area contributed by atoms with Gasteiger partial charge in [-0.1, -0.05) is 12.1 Å². The summed E-state index contributed by atoms with van der Waals surface area (Å²) in [4.78, 5) is 6.72. The second kappa shape index (κ2) is 6.22. The highest BCUT2D eigenvalue weighted by Gasteiger charge is 2.14. The molecule has 1 N–H and O–H groups in total. The van der Waals surface area contributed by atoms with Gasteiger partial charge in [0.25, 0.3) is 0 Å². The van der Waals surface area contributed by atoms with Crippen LogP contribution < -0.4 is 5.32 Å². The molecule has 1 aromatic rings. The summed E-state index contributed by atoms with van der Waals surface area (Å²) in [5, 5.41) is 7.29. The van der Waals surface area contributed by atoms with Gasteiger partial charge < -0.3 is 9.84 Å². The van der Waals surface area contributed by atoms with Crippen molar-refractivity contribution < 1.29 is 4.52 Å². The summed E-state index contributed by atoms with van der Waals surface area (Å²) >= 11 is 1.81. The van der Waals surface area contributed by atoms with E-state index in [-0.39, 0.29) is 0 Å². The predicted octanol–water partition coefficient (Wildman–Crippen LogP) is 0.728. The number of nitrogens with one attached hydrogen (secondary N) is 1. The van der Waals surface area contributed by atoms with Crippen LogP contribution in [0.15, 0.2) is 4.52 Å². The van der Waals surface area contributed by atoms with Crippen LogP contribution in [-0.2, 0) is 12.3 Å². The molecule has 0 aromatic carbocycles. The fourth-order valence-corrected chi connectivity index (χ4v) is 2.17. The fourth-order valence-electron chi connectivity index (χ4n) is 1.67. The van der Waals surface area contributed by atoms with Crippen LogP contribution >= 0.6 is 11.8 Å². The number of hydrogen-bond acceptors (Lipinski definition) is 6. The van der Waals surface area contributed by atoms with Crippen molar-refractivity contribution >= 4 is 11.8 Å². The van der Waals surface area contributed by atoms with Crippen molar-refractivity contribution in [2.24, 2.45) is 0 Å². The van der Waals surface area contributed by atoms with Crippen LogP contribution in [0.4, 0.5) is 0 Å². The third-order valence-corrected chi connectivity index (χ3v) is 3.38. The second-order valence-corrected chi connectivity index (χ2v) is 5.04. The topological polar surface area (TPSA) is 54.2 Å². The first-order valence-electron chi connectivity index (χ1n) is 5.70. The zero-order valence-electron chi connectivity index (χ0n) is 9.61. The van der Waals surface area contributed by atoms with Gasteiger partial charge in [-0.05, 0) is 5.75 Å². The van der Waals surface area contributed by atoms with Crippen molar-refractivity contribution in [3.63, 3.8) is 0 Å². The Bertz CT molecular complexity index is 312. The molecular formula is C10H18N4OS. The molecule has 0 radical (unpaired) electrons. The summed E-state index contributed by atoms with van der Waals surface area (Å²) in [6, 6.07) is 0. The van der Waals surface area contributed by atoms with E-state index in [9.17, 15) is 0 Å². The van der Waals surface area contributed by atoms with Gasteiger partial charge in [-0.2, -0.15) is 16.7 Å². The van der Waals surface area contributed by atoms with Gasteiger partial charge in [0.15, 0.2) is 5.82 Å². The van der Waals surface area contributed by atoms with Gasteiger partial charge in [-0.25, -0.2) is 0 Å². The van der Waals surface area contributed by atoms with Crippen LogP contribution in [0, 0.1) is 0 Å². The highest BCUT2D eigenvalue weighted by Crippen LogP contribution is 2.09. The van der Waals surface area contributed by atoms with Crippen molar-refractivity contribution in [3.05, 3.63) is 11.7 Å². The minimum Gasteiger partial charge on any atom is -0.338 e. The molecule has 90 valence electrons. The maximum Gasteiger partial charge on any atom is 0.240 e. The molecule has 0 atom stereocenters. The van der Waals surface area contributed by atoms with Gasteiger partial charge in [0.2, 0.25) is 5.89 Å². The maximum atomic E-state index is 5.23. The lowest BCUT2D eigenvalue weighted by Crippen LogP contribution is -2.42. The number of hydrogen-bond donors (Lipinski definition) is 1. The Morgan fingerprint density at radius 3 is 3.00 bits per heavy atom. The molecular weight excluding hydrogens is 224 g/mol. The van der Waals surface area contributed by atoms with Crippen molar-refractivity contribution in [2.75, 3.05) is 31.9 Å². The van der Waals surface area contributed by atoms with E-state index in [0.29, 0.717) is 0 Å². The monoisotopic (exact) mass is 242 g/mol. The number of piperazine rings is 1. The van der Waals surface area contributed by atoms with Gasteiger partial charge in [-0.15, -0.1) is 0 Å². The highest BCUT2D eigenvalue weighted by molar-refractivity contribution is 7.98. The molecule has 0 bridgehead atoms. The van der Waals surface area contributed by atoms with Crippen molar-refractivity contribution in [1.82, 2.24) is 20.4 Å². The van der Waals surface area contributed by atoms with Gasteiger partial charge in [0, 0.05) is 26.2 Å². The molecule has 1 fully saturated rings. The molecule has 1 aliphatic heterocycles. The molecule has 2 rings (SSSR count). The Morgan fingerprint density at radius 1 is 1.44 bits per heavy atom. The Kier molecular flexibility index (Phi) is 4.62. The van der Waals surface area contributed by atoms with Crippen LogP contribution in [0.1, 0.15) is 18.6 Å². The molecule has 1 saturated heterocycles. The van der Waals surface area contributed by atoms with Crippen LogP contribution in [-0.4, -0.2) is 47.0 Å². The standard InChI is InChI=1S/C10H18N4OS/c1-2-16-8-9-12-10(15-13-9)7-14-5-3-11-4-6-14/h11H,2-8H2,1H3. The quantitative estimate of drug-likeness (QED) is 0.821. The van der Waals surface area contributed by atoms with Crippen LogP contribution in [0.3, 0.4) is 0 Å². The van der Waals surface area contributed by atoms with Crippen molar-refractivity contribution in [3.8, 4) is 0 Å². The second-order valence-electron chi connectivity index (χ2n) is 3.77. The van der Waals surface area contributed by atoms with E-state index < -0.39 is 0 Å². The predicted molar refractivity (Wildman–Crippen MR) is 64.3 cm³/mol. The Morgan fingerprint density at radius 2 is 2.25 bits per heavy atom. The van der Waals surface area contributed by atoms with Crippen molar-refractivity contribution in [1.29, 1.82) is 0 Å². The van der Waals surface area contributed by atoms with E-state index in [1.54, 1.807) is 0 Å². The first-order valence-corrected chi connectivity index (χ1v) is 6.86. The maximum absolute atomic E-state index is 5.23. The number of rotatable bonds is 5. The summed E-state index contributed by atoms with van der Waals surface area (Å²) in [5.41, 5.74) is 0. The minimum atomic E-state index is 0.744. The summed E-state index contributed by atoms with van der Waals surface area (Å²) in [7, 11) is 0. The average Bonchev–Trinajstić information content (AvgIpc) is 2.75. The molecule has 6 heteroatoms. The Balaban J connectivity index is 1.81. The van der Waals surface area contributed by atoms with Gasteiger partial charge >= 0.3 is 0 Å². The van der Waals surface area contributed by atoms with Crippen LogP contribution in [0.5, 0.6) is 0 Å². The van der Waals surface area contributed by atoms with E-state index in [0.717, 1.165) is 55.9 Å². The van der Waals surface area contributed by atoms with Gasteiger partial charge in [0.05, 0.1) is 12.3 Å². The van der Waals surface area contributed by atoms with Gasteiger partial charge in [-0.3, -0.25) is 4.90 Å². The largest absolute Gasteiger partial charge is 0.338 e. The van der Waals surface area contributed by atoms with E-state index in [1.807, 2.05) is 11.8 Å². The van der Waals surface area contributed by atoms with E-state index in [2.05, 4.69) is 27.3 Å². The SMILES string of the molecule is CCSCc1noc(CN2CCNCC2)n1. The fraction of sp³-hybridized carbons (Fsp3) is 0.800. The molecule has 0 aliphatic carbocycles. The zero-order chi connectivity index (χ0) is 11.2. The molecule has 1 aliphatic rings. The van der Waals surface area contributed by atoms with Crippen molar-refractivity contribution in [2.45, 2.75) is 19.2 Å². The van der Waals surface area contributed by atoms with E-state index >= 15 is 0 Å². The lowest BCUT2D eigenvalue weighted by atomic mass is 10.3. The molecule has 1 aromatic heterocycles. The Labute approximate surface area is 100.0 Å².